The molecule has 2 saturated heterocycles. The Morgan fingerprint density at radius 2 is 1.33 bits per heavy atom. The van der Waals surface area contributed by atoms with Gasteiger partial charge in [-0.15, -0.1) is 0 Å². The van der Waals surface area contributed by atoms with E-state index >= 15 is 0 Å². The number of nitrogens with one attached hydrogen (secondary N) is 2. The Balaban J connectivity index is 1.98. The number of imide groups is 2. The van der Waals surface area contributed by atoms with Crippen LogP contribution in [-0.2, 0) is 9.59 Å². The Kier molecular flexibility index (Phi) is 8.62. The Bertz CT molecular complexity index is 500. The van der Waals surface area contributed by atoms with Gasteiger partial charge in [-0.2, -0.15) is 0 Å². The minimum absolute atomic E-state index is 0.0803. The molecule has 0 aliphatic carbocycles. The van der Waals surface area contributed by atoms with Gasteiger partial charge in [0, 0.05) is 39.3 Å². The van der Waals surface area contributed by atoms with Gasteiger partial charge in [0.1, 0.15) is 0 Å². The number of urea groups is 1. The van der Waals surface area contributed by atoms with Crippen molar-refractivity contribution >= 4 is 17.8 Å². The van der Waals surface area contributed by atoms with Crippen LogP contribution in [0.25, 0.3) is 0 Å². The fourth-order valence-electron chi connectivity index (χ4n) is 3.91. The van der Waals surface area contributed by atoms with Crippen molar-refractivity contribution < 1.29 is 24.6 Å². The predicted molar refractivity (Wildman–Crippen MR) is 98.9 cm³/mol. The lowest BCUT2D eigenvalue weighted by molar-refractivity contribution is -0.150. The second kappa shape index (κ2) is 10.7. The highest BCUT2D eigenvalue weighted by Crippen LogP contribution is 2.28. The smallest absolute Gasteiger partial charge is 0.328 e. The molecule has 2 aliphatic heterocycles. The van der Waals surface area contributed by atoms with E-state index in [9.17, 15) is 14.4 Å². The van der Waals surface area contributed by atoms with Crippen LogP contribution in [0.4, 0.5) is 4.79 Å². The summed E-state index contributed by atoms with van der Waals surface area (Å²) in [6, 6.07) is -0.761. The van der Waals surface area contributed by atoms with Crippen molar-refractivity contribution in [1.82, 2.24) is 20.4 Å². The van der Waals surface area contributed by atoms with Gasteiger partial charge in [-0.3, -0.25) is 30.0 Å². The largest absolute Gasteiger partial charge is 0.396 e. The second-order valence-electron chi connectivity index (χ2n) is 7.24. The number of hydrogen-bond donors (Lipinski definition) is 4. The number of piperazine rings is 1. The number of aliphatic hydroxyl groups excluding tert-OH is 2. The average Bonchev–Trinajstić information content (AvgIpc) is 2.64. The number of hydrogen-bond acceptors (Lipinski definition) is 7. The van der Waals surface area contributed by atoms with E-state index in [0.29, 0.717) is 45.6 Å². The average molecular weight is 384 g/mol. The molecular formula is C18H32N4O5. The van der Waals surface area contributed by atoms with Gasteiger partial charge < -0.3 is 10.2 Å². The monoisotopic (exact) mass is 384 g/mol. The molecule has 9 nitrogen and oxygen atoms in total. The normalized spacial score (nSPS) is 21.2. The van der Waals surface area contributed by atoms with E-state index in [1.807, 2.05) is 4.90 Å². The van der Waals surface area contributed by atoms with Crippen LogP contribution in [0.3, 0.4) is 0 Å². The summed E-state index contributed by atoms with van der Waals surface area (Å²) in [5, 5.41) is 22.4. The molecule has 0 saturated carbocycles. The Morgan fingerprint density at radius 1 is 0.778 bits per heavy atom. The van der Waals surface area contributed by atoms with E-state index in [-0.39, 0.29) is 13.2 Å². The summed E-state index contributed by atoms with van der Waals surface area (Å²) < 4.78 is 0. The Labute approximate surface area is 160 Å². The quantitative estimate of drug-likeness (QED) is 0.278. The number of unbranched alkanes of at least 4 members (excludes halogenated alkanes) is 5. The van der Waals surface area contributed by atoms with Gasteiger partial charge in [-0.05, 0) is 12.8 Å². The fourth-order valence-corrected chi connectivity index (χ4v) is 3.91. The first kappa shape index (κ1) is 21.7. The number of amides is 4. The number of rotatable bonds is 11. The lowest BCUT2D eigenvalue weighted by Gasteiger charge is -2.46. The Hall–Kier alpha value is -1.55. The highest BCUT2D eigenvalue weighted by Gasteiger charge is 2.54. The van der Waals surface area contributed by atoms with Crippen molar-refractivity contribution in [2.45, 2.75) is 50.5 Å². The summed E-state index contributed by atoms with van der Waals surface area (Å²) >= 11 is 0. The molecule has 2 fully saturated rings. The van der Waals surface area contributed by atoms with Crippen LogP contribution in [0.5, 0.6) is 0 Å². The molecule has 9 heteroatoms. The van der Waals surface area contributed by atoms with Crippen LogP contribution in [0.1, 0.15) is 44.9 Å². The van der Waals surface area contributed by atoms with Crippen LogP contribution < -0.4 is 10.6 Å². The molecule has 154 valence electrons. The zero-order valence-electron chi connectivity index (χ0n) is 15.9. The van der Waals surface area contributed by atoms with Crippen LogP contribution in [0, 0.1) is 0 Å². The third-order valence-corrected chi connectivity index (χ3v) is 5.48. The molecule has 0 atom stereocenters. The molecule has 0 unspecified atom stereocenters. The van der Waals surface area contributed by atoms with Crippen molar-refractivity contribution in [1.29, 1.82) is 0 Å². The SMILES string of the molecule is O=C1NC(=O)C(CCCCCCCCO)(N2CCN(CCO)CC2)C(=O)N1. The van der Waals surface area contributed by atoms with Crippen molar-refractivity contribution in [2.75, 3.05) is 45.9 Å². The van der Waals surface area contributed by atoms with E-state index in [4.69, 9.17) is 10.2 Å². The lowest BCUT2D eigenvalue weighted by atomic mass is 9.85. The van der Waals surface area contributed by atoms with Crippen molar-refractivity contribution in [3.63, 3.8) is 0 Å². The maximum atomic E-state index is 12.7. The fraction of sp³-hybridized carbons (Fsp3) is 0.833. The van der Waals surface area contributed by atoms with E-state index in [0.717, 1.165) is 32.1 Å². The minimum Gasteiger partial charge on any atom is -0.396 e. The van der Waals surface area contributed by atoms with Gasteiger partial charge >= 0.3 is 6.03 Å². The summed E-state index contributed by atoms with van der Waals surface area (Å²) in [5.41, 5.74) is -1.34. The number of nitrogens with zero attached hydrogens (tertiary/aromatic N) is 2. The molecule has 4 N–H and O–H groups in total. The van der Waals surface area contributed by atoms with E-state index in [1.54, 1.807) is 0 Å². The first-order chi connectivity index (χ1) is 13.0. The zero-order chi connectivity index (χ0) is 19.7. The summed E-state index contributed by atoms with van der Waals surface area (Å²) in [7, 11) is 0. The van der Waals surface area contributed by atoms with Gasteiger partial charge in [0.25, 0.3) is 11.8 Å². The van der Waals surface area contributed by atoms with E-state index in [2.05, 4.69) is 15.5 Å². The first-order valence-electron chi connectivity index (χ1n) is 9.90. The summed E-state index contributed by atoms with van der Waals surface area (Å²) in [6.07, 6.45) is 5.76. The van der Waals surface area contributed by atoms with Crippen molar-refractivity contribution in [2.24, 2.45) is 0 Å². The number of carbonyl (C=O) groups is 3. The van der Waals surface area contributed by atoms with Gasteiger partial charge in [0.05, 0.1) is 6.61 Å². The second-order valence-corrected chi connectivity index (χ2v) is 7.24. The first-order valence-corrected chi connectivity index (χ1v) is 9.90. The highest BCUT2D eigenvalue weighted by molar-refractivity contribution is 6.22. The number of carbonyl (C=O) groups excluding carboxylic acids is 3. The third kappa shape index (κ3) is 5.47. The molecule has 0 bridgehead atoms. The zero-order valence-corrected chi connectivity index (χ0v) is 15.9. The number of β-amino-alcohol motifs (C(OH)–C–C–N with tert-alkyl or cyclic N) is 1. The van der Waals surface area contributed by atoms with Crippen LogP contribution in [0.15, 0.2) is 0 Å². The highest BCUT2D eigenvalue weighted by atomic mass is 16.3. The predicted octanol–water partition coefficient (Wildman–Crippen LogP) is -0.576. The lowest BCUT2D eigenvalue weighted by Crippen LogP contribution is -2.74. The molecule has 2 heterocycles. The minimum atomic E-state index is -1.34. The van der Waals surface area contributed by atoms with Gasteiger partial charge in [0.15, 0.2) is 5.54 Å². The number of barbiturate groups is 1. The molecule has 2 aliphatic rings. The van der Waals surface area contributed by atoms with Crippen molar-refractivity contribution in [3.05, 3.63) is 0 Å². The van der Waals surface area contributed by atoms with Gasteiger partial charge in [-0.1, -0.05) is 32.1 Å². The molecular weight excluding hydrogens is 352 g/mol. The van der Waals surface area contributed by atoms with Crippen LogP contribution in [-0.4, -0.2) is 89.3 Å². The van der Waals surface area contributed by atoms with Crippen LogP contribution in [0.2, 0.25) is 0 Å². The molecule has 0 aromatic carbocycles. The van der Waals surface area contributed by atoms with E-state index in [1.165, 1.54) is 0 Å². The number of aliphatic hydroxyl groups is 2. The maximum Gasteiger partial charge on any atom is 0.328 e. The van der Waals surface area contributed by atoms with E-state index < -0.39 is 23.4 Å². The molecule has 0 aromatic heterocycles. The molecule has 27 heavy (non-hydrogen) atoms. The molecule has 4 amide bonds. The summed E-state index contributed by atoms with van der Waals surface area (Å²) in [5.74, 6) is -1.07. The summed E-state index contributed by atoms with van der Waals surface area (Å²) in [6.45, 7) is 3.26. The topological polar surface area (TPSA) is 122 Å². The maximum absolute atomic E-state index is 12.7. The molecule has 0 aromatic rings. The van der Waals surface area contributed by atoms with Crippen LogP contribution >= 0.6 is 0 Å². The van der Waals surface area contributed by atoms with Crippen molar-refractivity contribution in [3.8, 4) is 0 Å². The molecule has 0 spiro atoms. The summed E-state index contributed by atoms with van der Waals surface area (Å²) in [4.78, 5) is 41.0. The molecule has 2 rings (SSSR count). The third-order valence-electron chi connectivity index (χ3n) is 5.48. The Morgan fingerprint density at radius 3 is 1.89 bits per heavy atom. The van der Waals surface area contributed by atoms with Gasteiger partial charge in [-0.25, -0.2) is 4.79 Å². The standard InChI is InChI=1S/C18H32N4O5/c23-13-6-4-2-1-3-5-7-18(15(25)19-17(27)20-16(18)26)22-10-8-21(9-11-22)12-14-24/h23-24H,1-14H2,(H2,19,20,25,26,27). The molecule has 0 radical (unpaired) electrons. The van der Waals surface area contributed by atoms with Gasteiger partial charge in [0.2, 0.25) is 0 Å².